The molecule has 2 aliphatic rings. The summed E-state index contributed by atoms with van der Waals surface area (Å²) in [4.78, 5) is 14.1. The number of hydrogen-bond donors (Lipinski definition) is 2. The van der Waals surface area contributed by atoms with E-state index in [1.54, 1.807) is 36.9 Å². The predicted molar refractivity (Wildman–Crippen MR) is 166 cm³/mol. The second-order valence-electron chi connectivity index (χ2n) is 11.1. The van der Waals surface area contributed by atoms with Gasteiger partial charge in [0.25, 0.3) is 0 Å². The molecule has 9 heteroatoms. The molecule has 5 rings (SSSR count). The highest BCUT2D eigenvalue weighted by Crippen LogP contribution is 2.38. The maximum Gasteiger partial charge on any atom is 0.190 e. The van der Waals surface area contributed by atoms with Gasteiger partial charge in [-0.1, -0.05) is 47.6 Å². The van der Waals surface area contributed by atoms with Crippen molar-refractivity contribution in [1.29, 1.82) is 0 Å². The molecule has 3 aromatic rings. The van der Waals surface area contributed by atoms with Crippen LogP contribution < -0.4 is 10.2 Å². The zero-order valence-corrected chi connectivity index (χ0v) is 25.1. The third-order valence-corrected chi connectivity index (χ3v) is 8.82. The summed E-state index contributed by atoms with van der Waals surface area (Å²) in [7, 11) is 4.11. The molecule has 2 fully saturated rings. The van der Waals surface area contributed by atoms with Gasteiger partial charge >= 0.3 is 0 Å². The molecule has 2 saturated heterocycles. The van der Waals surface area contributed by atoms with Gasteiger partial charge in [0.2, 0.25) is 0 Å². The van der Waals surface area contributed by atoms with Crippen molar-refractivity contribution in [1.82, 2.24) is 20.2 Å². The van der Waals surface area contributed by atoms with Gasteiger partial charge in [0.15, 0.2) is 11.0 Å². The highest BCUT2D eigenvalue weighted by molar-refractivity contribution is 7.99. The number of benzene rings is 2. The van der Waals surface area contributed by atoms with Crippen molar-refractivity contribution in [2.45, 2.75) is 50.4 Å². The fourth-order valence-electron chi connectivity index (χ4n) is 5.58. The molecule has 0 amide bonds. The van der Waals surface area contributed by atoms with Crippen LogP contribution in [0.2, 0.25) is 5.02 Å². The SMILES string of the molecule is C/C(=C\C(O)=C/c1ccccc1C)c1c(Cl)cc2c(N3CC4CCC(C3)N4)nc(SCCCN(C)C)nc2c1F. The molecule has 2 aliphatic heterocycles. The molecule has 2 unspecified atom stereocenters. The number of rotatable bonds is 9. The van der Waals surface area contributed by atoms with Gasteiger partial charge in [-0.2, -0.15) is 0 Å². The van der Waals surface area contributed by atoms with Crippen molar-refractivity contribution in [3.8, 4) is 0 Å². The number of aromatic nitrogens is 2. The van der Waals surface area contributed by atoms with Gasteiger partial charge in [-0.15, -0.1) is 0 Å². The first-order valence-corrected chi connectivity index (χ1v) is 15.2. The van der Waals surface area contributed by atoms with Crippen LogP contribution in [-0.4, -0.2) is 71.5 Å². The maximum absolute atomic E-state index is 16.3. The molecule has 0 spiro atoms. The van der Waals surface area contributed by atoms with Crippen LogP contribution in [0.5, 0.6) is 0 Å². The van der Waals surface area contributed by atoms with Gasteiger partial charge in [0.1, 0.15) is 17.1 Å². The number of nitrogens with one attached hydrogen (secondary N) is 1. The van der Waals surface area contributed by atoms with Gasteiger partial charge < -0.3 is 20.2 Å². The molecule has 212 valence electrons. The first-order chi connectivity index (χ1) is 19.2. The van der Waals surface area contributed by atoms with Crippen LogP contribution in [0.3, 0.4) is 0 Å². The molecule has 40 heavy (non-hydrogen) atoms. The minimum Gasteiger partial charge on any atom is -0.508 e. The summed E-state index contributed by atoms with van der Waals surface area (Å²) < 4.78 is 16.3. The Kier molecular flexibility index (Phi) is 9.00. The average Bonchev–Trinajstić information content (AvgIpc) is 3.24. The number of anilines is 1. The lowest BCUT2D eigenvalue weighted by Gasteiger charge is -2.34. The second kappa shape index (κ2) is 12.5. The number of allylic oxidation sites excluding steroid dienone is 2. The van der Waals surface area contributed by atoms with E-state index in [0.29, 0.717) is 28.2 Å². The van der Waals surface area contributed by atoms with Crippen molar-refractivity contribution in [3.63, 3.8) is 0 Å². The van der Waals surface area contributed by atoms with E-state index in [1.807, 2.05) is 31.2 Å². The van der Waals surface area contributed by atoms with Crippen molar-refractivity contribution in [3.05, 3.63) is 69.7 Å². The number of aliphatic hydroxyl groups is 1. The molecule has 2 bridgehead atoms. The quantitative estimate of drug-likeness (QED) is 0.0956. The molecule has 2 N–H and O–H groups in total. The summed E-state index contributed by atoms with van der Waals surface area (Å²) in [5.74, 6) is 1.12. The smallest absolute Gasteiger partial charge is 0.190 e. The number of nitrogens with zero attached hydrogens (tertiary/aromatic N) is 4. The number of piperazine rings is 1. The van der Waals surface area contributed by atoms with Crippen molar-refractivity contribution in [2.24, 2.45) is 0 Å². The highest BCUT2D eigenvalue weighted by atomic mass is 35.5. The highest BCUT2D eigenvalue weighted by Gasteiger charge is 2.34. The molecule has 0 saturated carbocycles. The van der Waals surface area contributed by atoms with Gasteiger partial charge in [-0.05, 0) is 88.7 Å². The molecule has 6 nitrogen and oxygen atoms in total. The lowest BCUT2D eigenvalue weighted by atomic mass is 10.0. The Bertz CT molecular complexity index is 1450. The third kappa shape index (κ3) is 6.46. The lowest BCUT2D eigenvalue weighted by molar-refractivity contribution is 0.410. The minimum atomic E-state index is -0.489. The summed E-state index contributed by atoms with van der Waals surface area (Å²) >= 11 is 8.30. The monoisotopic (exact) mass is 581 g/mol. The molecule has 2 atom stereocenters. The Balaban J connectivity index is 1.55. The topological polar surface area (TPSA) is 64.5 Å². The molecule has 0 aliphatic carbocycles. The molecular formula is C31H37ClFN5OS. The Morgan fingerprint density at radius 3 is 2.65 bits per heavy atom. The number of thioether (sulfide) groups is 1. The normalized spacial score (nSPS) is 19.7. The van der Waals surface area contributed by atoms with Crippen molar-refractivity contribution in [2.75, 3.05) is 44.4 Å². The Morgan fingerprint density at radius 1 is 1.23 bits per heavy atom. The van der Waals surface area contributed by atoms with E-state index in [-0.39, 0.29) is 21.9 Å². The van der Waals surface area contributed by atoms with Gasteiger partial charge in [0, 0.05) is 41.9 Å². The Morgan fingerprint density at radius 2 is 1.95 bits per heavy atom. The van der Waals surface area contributed by atoms with Gasteiger partial charge in [-0.25, -0.2) is 14.4 Å². The second-order valence-corrected chi connectivity index (χ2v) is 12.5. The van der Waals surface area contributed by atoms with Crippen LogP contribution in [-0.2, 0) is 0 Å². The van der Waals surface area contributed by atoms with Gasteiger partial charge in [-0.3, -0.25) is 0 Å². The van der Waals surface area contributed by atoms with Crippen LogP contribution in [0.1, 0.15) is 42.9 Å². The Labute approximate surface area is 245 Å². The maximum atomic E-state index is 16.3. The van der Waals surface area contributed by atoms with E-state index in [4.69, 9.17) is 21.6 Å². The molecule has 1 aromatic heterocycles. The van der Waals surface area contributed by atoms with E-state index in [2.05, 4.69) is 29.2 Å². The van der Waals surface area contributed by atoms with Crippen LogP contribution >= 0.6 is 23.4 Å². The minimum absolute atomic E-state index is 0.0270. The fourth-order valence-corrected chi connectivity index (χ4v) is 6.69. The number of halogens is 2. The van der Waals surface area contributed by atoms with E-state index in [9.17, 15) is 5.11 Å². The predicted octanol–water partition coefficient (Wildman–Crippen LogP) is 6.72. The third-order valence-electron chi connectivity index (χ3n) is 7.59. The molecule has 0 radical (unpaired) electrons. The van der Waals surface area contributed by atoms with E-state index >= 15 is 4.39 Å². The fraction of sp³-hybridized carbons (Fsp3) is 0.419. The number of aryl methyl sites for hydroxylation is 1. The summed E-state index contributed by atoms with van der Waals surface area (Å²) in [6.07, 6.45) is 6.48. The van der Waals surface area contributed by atoms with Gasteiger partial charge in [0.05, 0.1) is 5.02 Å². The number of aliphatic hydroxyl groups excluding tert-OH is 1. The zero-order chi connectivity index (χ0) is 28.4. The number of hydrogen-bond acceptors (Lipinski definition) is 7. The van der Waals surface area contributed by atoms with Crippen LogP contribution in [0, 0.1) is 12.7 Å². The summed E-state index contributed by atoms with van der Waals surface area (Å²) in [6.45, 7) is 6.35. The number of fused-ring (bicyclic) bond motifs is 3. The standard InChI is InChI=1S/C31H37ClFN5OS/c1-19-8-5-6-9-21(19)15-24(39)14-20(2)27-26(32)16-25-29(28(27)33)35-31(40-13-7-12-37(3)4)36-30(25)38-17-22-10-11-23(18-38)34-22/h5-6,8-9,14-16,22-23,34,39H,7,10-13,17-18H2,1-4H3/b20-14+,24-15+. The van der Waals surface area contributed by atoms with E-state index < -0.39 is 5.82 Å². The summed E-state index contributed by atoms with van der Waals surface area (Å²) in [6, 6.07) is 10.4. The van der Waals surface area contributed by atoms with E-state index in [1.165, 1.54) is 0 Å². The lowest BCUT2D eigenvalue weighted by Crippen LogP contribution is -2.51. The van der Waals surface area contributed by atoms with Crippen LogP contribution in [0.25, 0.3) is 22.6 Å². The molecular weight excluding hydrogens is 545 g/mol. The molecule has 2 aromatic carbocycles. The first kappa shape index (κ1) is 28.9. The first-order valence-electron chi connectivity index (χ1n) is 13.8. The summed E-state index contributed by atoms with van der Waals surface area (Å²) in [5.41, 5.74) is 2.96. The van der Waals surface area contributed by atoms with Crippen molar-refractivity contribution >= 4 is 51.7 Å². The Hall–Kier alpha value is -2.65. The van der Waals surface area contributed by atoms with Crippen LogP contribution in [0.15, 0.2) is 47.3 Å². The zero-order valence-electron chi connectivity index (χ0n) is 23.5. The largest absolute Gasteiger partial charge is 0.508 e. The average molecular weight is 582 g/mol. The molecule has 3 heterocycles. The van der Waals surface area contributed by atoms with Crippen molar-refractivity contribution < 1.29 is 9.50 Å². The van der Waals surface area contributed by atoms with Crippen LogP contribution in [0.4, 0.5) is 10.2 Å². The van der Waals surface area contributed by atoms with E-state index in [0.717, 1.165) is 61.6 Å². The summed E-state index contributed by atoms with van der Waals surface area (Å²) in [5, 5.41) is 15.8.